The van der Waals surface area contributed by atoms with Crippen molar-refractivity contribution >= 4 is 21.9 Å². The van der Waals surface area contributed by atoms with Crippen LogP contribution >= 0.6 is 15.9 Å². The highest BCUT2D eigenvalue weighted by Gasteiger charge is 2.38. The standard InChI is InChI=1S/C11H15BrN4/c12-8-4-13-11(14-5-8)15-6-10-7-1-2-9(3-7)16-10/h4-5,7,9-10,16H,1-3,6H2,(H,13,14,15)/t7-,9+,10+/m0/s1. The number of hydrogen-bond donors (Lipinski definition) is 2. The number of fused-ring (bicyclic) bond motifs is 2. The largest absolute Gasteiger partial charge is 0.353 e. The minimum atomic E-state index is 0.603. The maximum Gasteiger partial charge on any atom is 0.222 e. The van der Waals surface area contributed by atoms with Gasteiger partial charge in [-0.25, -0.2) is 9.97 Å². The van der Waals surface area contributed by atoms with Crippen LogP contribution in [0.3, 0.4) is 0 Å². The van der Waals surface area contributed by atoms with Crippen molar-refractivity contribution in [2.24, 2.45) is 5.92 Å². The van der Waals surface area contributed by atoms with Gasteiger partial charge in [-0.3, -0.25) is 0 Å². The van der Waals surface area contributed by atoms with Gasteiger partial charge in [-0.15, -0.1) is 0 Å². The summed E-state index contributed by atoms with van der Waals surface area (Å²) in [7, 11) is 0. The van der Waals surface area contributed by atoms with Gasteiger partial charge in [0.25, 0.3) is 0 Å². The third-order valence-electron chi connectivity index (χ3n) is 3.59. The van der Waals surface area contributed by atoms with E-state index in [1.807, 2.05) is 0 Å². The topological polar surface area (TPSA) is 49.8 Å². The van der Waals surface area contributed by atoms with Crippen molar-refractivity contribution in [1.82, 2.24) is 15.3 Å². The highest BCUT2D eigenvalue weighted by molar-refractivity contribution is 9.10. The predicted octanol–water partition coefficient (Wildman–Crippen LogP) is 1.79. The first-order chi connectivity index (χ1) is 7.81. The Morgan fingerprint density at radius 2 is 2.19 bits per heavy atom. The van der Waals surface area contributed by atoms with Gasteiger partial charge >= 0.3 is 0 Å². The molecule has 2 fully saturated rings. The van der Waals surface area contributed by atoms with Crippen LogP contribution in [0, 0.1) is 5.92 Å². The highest BCUT2D eigenvalue weighted by Crippen LogP contribution is 2.35. The fraction of sp³-hybridized carbons (Fsp3) is 0.636. The summed E-state index contributed by atoms with van der Waals surface area (Å²) in [6.45, 7) is 0.933. The lowest BCUT2D eigenvalue weighted by atomic mass is 10.0. The van der Waals surface area contributed by atoms with E-state index in [-0.39, 0.29) is 0 Å². The second kappa shape index (κ2) is 4.30. The van der Waals surface area contributed by atoms with Gasteiger partial charge in [-0.1, -0.05) is 0 Å². The van der Waals surface area contributed by atoms with Gasteiger partial charge in [-0.2, -0.15) is 0 Å². The Bertz CT molecular complexity index is 367. The summed E-state index contributed by atoms with van der Waals surface area (Å²) in [5.74, 6) is 1.57. The fourth-order valence-corrected chi connectivity index (χ4v) is 3.01. The highest BCUT2D eigenvalue weighted by atomic mass is 79.9. The zero-order valence-corrected chi connectivity index (χ0v) is 10.6. The molecule has 5 heteroatoms. The zero-order chi connectivity index (χ0) is 11.0. The van der Waals surface area contributed by atoms with Gasteiger partial charge in [0.15, 0.2) is 0 Å². The number of nitrogens with zero attached hydrogens (tertiary/aromatic N) is 2. The van der Waals surface area contributed by atoms with E-state index in [0.717, 1.165) is 23.0 Å². The van der Waals surface area contributed by atoms with Gasteiger partial charge in [0, 0.05) is 31.0 Å². The second-order valence-corrected chi connectivity index (χ2v) is 5.56. The van der Waals surface area contributed by atoms with Gasteiger partial charge in [-0.05, 0) is 41.1 Å². The quantitative estimate of drug-likeness (QED) is 0.888. The van der Waals surface area contributed by atoms with Crippen molar-refractivity contribution in [1.29, 1.82) is 0 Å². The molecule has 1 saturated heterocycles. The first kappa shape index (κ1) is 10.5. The maximum atomic E-state index is 4.20. The first-order valence-corrected chi connectivity index (χ1v) is 6.58. The molecule has 0 aromatic carbocycles. The Hall–Kier alpha value is -0.680. The van der Waals surface area contributed by atoms with Crippen LogP contribution in [0.4, 0.5) is 5.95 Å². The van der Waals surface area contributed by atoms with E-state index in [9.17, 15) is 0 Å². The third kappa shape index (κ3) is 2.06. The molecule has 86 valence electrons. The van der Waals surface area contributed by atoms with E-state index in [1.165, 1.54) is 19.3 Å². The summed E-state index contributed by atoms with van der Waals surface area (Å²) < 4.78 is 0.913. The minimum absolute atomic E-state index is 0.603. The lowest BCUT2D eigenvalue weighted by Gasteiger charge is -2.23. The Kier molecular flexibility index (Phi) is 2.81. The molecule has 1 aromatic heterocycles. The summed E-state index contributed by atoms with van der Waals surface area (Å²) in [5, 5.41) is 6.94. The summed E-state index contributed by atoms with van der Waals surface area (Å²) in [5.41, 5.74) is 0. The van der Waals surface area contributed by atoms with Gasteiger partial charge < -0.3 is 10.6 Å². The average molecular weight is 283 g/mol. The van der Waals surface area contributed by atoms with E-state index >= 15 is 0 Å². The van der Waals surface area contributed by atoms with E-state index in [2.05, 4.69) is 36.5 Å². The first-order valence-electron chi connectivity index (χ1n) is 5.79. The van der Waals surface area contributed by atoms with Gasteiger partial charge in [0.05, 0.1) is 4.47 Å². The predicted molar refractivity (Wildman–Crippen MR) is 66.3 cm³/mol. The molecule has 1 saturated carbocycles. The van der Waals surface area contributed by atoms with Crippen LogP contribution in [-0.2, 0) is 0 Å². The molecule has 1 aliphatic carbocycles. The van der Waals surface area contributed by atoms with Crippen LogP contribution in [0.2, 0.25) is 0 Å². The molecule has 1 aliphatic heterocycles. The van der Waals surface area contributed by atoms with Crippen LogP contribution in [0.25, 0.3) is 0 Å². The van der Waals surface area contributed by atoms with Crippen LogP contribution < -0.4 is 10.6 Å². The van der Waals surface area contributed by atoms with Crippen LogP contribution in [0.15, 0.2) is 16.9 Å². The zero-order valence-electron chi connectivity index (χ0n) is 8.99. The molecule has 1 aromatic rings. The van der Waals surface area contributed by atoms with Crippen molar-refractivity contribution in [2.45, 2.75) is 31.3 Å². The Balaban J connectivity index is 1.55. The summed E-state index contributed by atoms with van der Waals surface area (Å²) >= 11 is 3.32. The normalized spacial score (nSPS) is 31.9. The molecule has 3 atom stereocenters. The molecular weight excluding hydrogens is 268 g/mol. The Morgan fingerprint density at radius 3 is 2.81 bits per heavy atom. The van der Waals surface area contributed by atoms with Crippen LogP contribution in [0.5, 0.6) is 0 Å². The molecule has 0 radical (unpaired) electrons. The molecule has 3 rings (SSSR count). The molecule has 2 aliphatic rings. The van der Waals surface area contributed by atoms with Crippen molar-refractivity contribution in [3.05, 3.63) is 16.9 Å². The van der Waals surface area contributed by atoms with Crippen molar-refractivity contribution in [3.8, 4) is 0 Å². The minimum Gasteiger partial charge on any atom is -0.353 e. The molecule has 0 spiro atoms. The van der Waals surface area contributed by atoms with Crippen molar-refractivity contribution in [2.75, 3.05) is 11.9 Å². The monoisotopic (exact) mass is 282 g/mol. The summed E-state index contributed by atoms with van der Waals surface area (Å²) in [6.07, 6.45) is 7.63. The SMILES string of the molecule is Brc1cnc(NC[C@H]2N[C@@H]3CC[C@H]2C3)nc1. The fourth-order valence-electron chi connectivity index (χ4n) is 2.80. The molecule has 0 amide bonds. The maximum absolute atomic E-state index is 4.20. The van der Waals surface area contributed by atoms with E-state index in [4.69, 9.17) is 0 Å². The lowest BCUT2D eigenvalue weighted by Crippen LogP contribution is -2.40. The number of hydrogen-bond acceptors (Lipinski definition) is 4. The molecule has 2 heterocycles. The van der Waals surface area contributed by atoms with Crippen molar-refractivity contribution < 1.29 is 0 Å². The lowest BCUT2D eigenvalue weighted by molar-refractivity contribution is 0.394. The molecular formula is C11H15BrN4. The Labute approximate surface area is 103 Å². The molecule has 2 N–H and O–H groups in total. The van der Waals surface area contributed by atoms with Crippen LogP contribution in [-0.4, -0.2) is 28.6 Å². The second-order valence-electron chi connectivity index (χ2n) is 4.65. The van der Waals surface area contributed by atoms with Gasteiger partial charge in [0.1, 0.15) is 0 Å². The van der Waals surface area contributed by atoms with Crippen molar-refractivity contribution in [3.63, 3.8) is 0 Å². The smallest absolute Gasteiger partial charge is 0.222 e. The average Bonchev–Trinajstić information content (AvgIpc) is 2.90. The number of piperidine rings is 1. The van der Waals surface area contributed by atoms with Crippen LogP contribution in [0.1, 0.15) is 19.3 Å². The molecule has 4 nitrogen and oxygen atoms in total. The molecule has 16 heavy (non-hydrogen) atoms. The van der Waals surface area contributed by atoms with E-state index < -0.39 is 0 Å². The van der Waals surface area contributed by atoms with E-state index in [0.29, 0.717) is 12.0 Å². The van der Waals surface area contributed by atoms with Gasteiger partial charge in [0.2, 0.25) is 5.95 Å². The number of anilines is 1. The number of aromatic nitrogens is 2. The summed E-state index contributed by atoms with van der Waals surface area (Å²) in [4.78, 5) is 8.41. The number of halogens is 1. The third-order valence-corrected chi connectivity index (χ3v) is 4.00. The summed E-state index contributed by atoms with van der Waals surface area (Å²) in [6, 6.07) is 1.37. The molecule has 0 unspecified atom stereocenters. The number of rotatable bonds is 3. The Morgan fingerprint density at radius 1 is 1.38 bits per heavy atom. The molecule has 2 bridgehead atoms. The number of nitrogens with one attached hydrogen (secondary N) is 2. The van der Waals surface area contributed by atoms with E-state index in [1.54, 1.807) is 12.4 Å².